The summed E-state index contributed by atoms with van der Waals surface area (Å²) in [4.78, 5) is 2.46. The van der Waals surface area contributed by atoms with Crippen LogP contribution >= 0.6 is 11.6 Å². The molecule has 12 heavy (non-hydrogen) atoms. The van der Waals surface area contributed by atoms with Gasteiger partial charge in [-0.2, -0.15) is 0 Å². The molecule has 0 bridgehead atoms. The molecule has 1 nitrogen and oxygen atoms in total. The van der Waals surface area contributed by atoms with E-state index in [1.165, 1.54) is 32.5 Å². The Morgan fingerprint density at radius 3 is 2.17 bits per heavy atom. The molecule has 0 saturated heterocycles. The van der Waals surface area contributed by atoms with E-state index in [4.69, 9.17) is 11.6 Å². The Kier molecular flexibility index (Phi) is 8.04. The quantitative estimate of drug-likeness (QED) is 0.442. The van der Waals surface area contributed by atoms with Gasteiger partial charge < -0.3 is 4.90 Å². The molecule has 1 atom stereocenters. The van der Waals surface area contributed by atoms with Gasteiger partial charge >= 0.3 is 0 Å². The van der Waals surface area contributed by atoms with Crippen LogP contribution < -0.4 is 0 Å². The number of alkyl halides is 1. The zero-order valence-corrected chi connectivity index (χ0v) is 9.40. The van der Waals surface area contributed by atoms with Crippen molar-refractivity contribution in [1.29, 1.82) is 0 Å². The van der Waals surface area contributed by atoms with Crippen LogP contribution in [0.15, 0.2) is 0 Å². The van der Waals surface area contributed by atoms with Crippen LogP contribution in [0.3, 0.4) is 0 Å². The Bertz CT molecular complexity index is 89.8. The van der Waals surface area contributed by atoms with Crippen LogP contribution in [0.4, 0.5) is 0 Å². The fourth-order valence-electron chi connectivity index (χ4n) is 1.30. The number of nitrogens with zero attached hydrogens (tertiary/aromatic N) is 1. The van der Waals surface area contributed by atoms with E-state index >= 15 is 0 Å². The summed E-state index contributed by atoms with van der Waals surface area (Å²) in [5, 5.41) is 0.349. The first-order valence-corrected chi connectivity index (χ1v) is 5.50. The predicted molar refractivity (Wildman–Crippen MR) is 57.0 cm³/mol. The summed E-state index contributed by atoms with van der Waals surface area (Å²) in [5.74, 6) is 0. The molecule has 0 saturated carbocycles. The minimum atomic E-state index is 0.349. The maximum absolute atomic E-state index is 5.85. The van der Waals surface area contributed by atoms with Gasteiger partial charge in [0.05, 0.1) is 0 Å². The van der Waals surface area contributed by atoms with Crippen molar-refractivity contribution in [1.82, 2.24) is 4.90 Å². The summed E-state index contributed by atoms with van der Waals surface area (Å²) < 4.78 is 0. The largest absolute Gasteiger partial charge is 0.304 e. The van der Waals surface area contributed by atoms with Gasteiger partial charge in [0.2, 0.25) is 0 Å². The first-order valence-electron chi connectivity index (χ1n) is 5.07. The molecule has 0 aromatic heterocycles. The summed E-state index contributed by atoms with van der Waals surface area (Å²) in [6.45, 7) is 10.1. The third kappa shape index (κ3) is 6.93. The summed E-state index contributed by atoms with van der Waals surface area (Å²) in [6, 6.07) is 0. The molecule has 1 unspecified atom stereocenters. The fourth-order valence-corrected chi connectivity index (χ4v) is 1.46. The topological polar surface area (TPSA) is 3.24 Å². The highest BCUT2D eigenvalue weighted by Gasteiger charge is 1.99. The van der Waals surface area contributed by atoms with Crippen LogP contribution in [0.5, 0.6) is 0 Å². The molecule has 0 fully saturated rings. The van der Waals surface area contributed by atoms with Gasteiger partial charge in [-0.1, -0.05) is 20.3 Å². The van der Waals surface area contributed by atoms with Gasteiger partial charge in [0, 0.05) is 5.38 Å². The molecule has 0 radical (unpaired) electrons. The number of hydrogen-bond donors (Lipinski definition) is 0. The zero-order valence-electron chi connectivity index (χ0n) is 8.65. The average Bonchev–Trinajstić information content (AvgIpc) is 2.04. The number of unbranched alkanes of at least 4 members (excludes halogenated alkanes) is 1. The minimum Gasteiger partial charge on any atom is -0.304 e. The summed E-state index contributed by atoms with van der Waals surface area (Å²) >= 11 is 5.85. The van der Waals surface area contributed by atoms with E-state index < -0.39 is 0 Å². The standard InChI is InChI=1S/C10H22ClN/c1-4-12(5-2)9-7-6-8-10(3)11/h10H,4-9H2,1-3H3. The summed E-state index contributed by atoms with van der Waals surface area (Å²) in [6.07, 6.45) is 3.71. The lowest BCUT2D eigenvalue weighted by Crippen LogP contribution is -2.23. The minimum absolute atomic E-state index is 0.349. The third-order valence-electron chi connectivity index (χ3n) is 2.22. The molecule has 0 aromatic rings. The normalized spacial score (nSPS) is 13.8. The summed E-state index contributed by atoms with van der Waals surface area (Å²) in [5.41, 5.74) is 0. The van der Waals surface area contributed by atoms with E-state index in [-0.39, 0.29) is 0 Å². The molecule has 0 spiro atoms. The van der Waals surface area contributed by atoms with E-state index in [2.05, 4.69) is 25.7 Å². The van der Waals surface area contributed by atoms with Gasteiger partial charge in [-0.3, -0.25) is 0 Å². The molecule has 74 valence electrons. The molecule has 0 aliphatic heterocycles. The second kappa shape index (κ2) is 7.88. The van der Waals surface area contributed by atoms with Crippen molar-refractivity contribution in [3.05, 3.63) is 0 Å². The Balaban J connectivity index is 3.17. The summed E-state index contributed by atoms with van der Waals surface area (Å²) in [7, 11) is 0. The molecule has 0 N–H and O–H groups in total. The molecule has 2 heteroatoms. The third-order valence-corrected chi connectivity index (χ3v) is 2.44. The van der Waals surface area contributed by atoms with Gasteiger partial charge in [0.15, 0.2) is 0 Å². The molecular weight excluding hydrogens is 170 g/mol. The van der Waals surface area contributed by atoms with Crippen molar-refractivity contribution in [2.24, 2.45) is 0 Å². The van der Waals surface area contributed by atoms with Gasteiger partial charge in [0.1, 0.15) is 0 Å². The molecular formula is C10H22ClN. The second-order valence-corrected chi connectivity index (χ2v) is 4.05. The second-order valence-electron chi connectivity index (χ2n) is 3.30. The van der Waals surface area contributed by atoms with E-state index in [1.807, 2.05) is 0 Å². The smallest absolute Gasteiger partial charge is 0.0307 e. The Hall–Kier alpha value is 0.250. The molecule has 0 aromatic carbocycles. The Labute approximate surface area is 82.1 Å². The van der Waals surface area contributed by atoms with Crippen molar-refractivity contribution in [3.63, 3.8) is 0 Å². The van der Waals surface area contributed by atoms with Crippen molar-refractivity contribution in [3.8, 4) is 0 Å². The van der Waals surface area contributed by atoms with E-state index in [1.54, 1.807) is 0 Å². The van der Waals surface area contributed by atoms with Gasteiger partial charge in [0.25, 0.3) is 0 Å². The SMILES string of the molecule is CCN(CC)CCCCC(C)Cl. The highest BCUT2D eigenvalue weighted by Crippen LogP contribution is 2.06. The van der Waals surface area contributed by atoms with Gasteiger partial charge in [-0.25, -0.2) is 0 Å². The monoisotopic (exact) mass is 191 g/mol. The van der Waals surface area contributed by atoms with Crippen molar-refractivity contribution in [2.75, 3.05) is 19.6 Å². The maximum atomic E-state index is 5.85. The van der Waals surface area contributed by atoms with Crippen LogP contribution in [0.25, 0.3) is 0 Å². The van der Waals surface area contributed by atoms with E-state index in [0.29, 0.717) is 5.38 Å². The average molecular weight is 192 g/mol. The van der Waals surface area contributed by atoms with E-state index in [0.717, 1.165) is 6.42 Å². The van der Waals surface area contributed by atoms with Crippen LogP contribution in [-0.4, -0.2) is 29.9 Å². The lowest BCUT2D eigenvalue weighted by Gasteiger charge is -2.17. The molecule has 0 aliphatic rings. The number of hydrogen-bond acceptors (Lipinski definition) is 1. The highest BCUT2D eigenvalue weighted by atomic mass is 35.5. The first kappa shape index (κ1) is 12.2. The van der Waals surface area contributed by atoms with Crippen LogP contribution in [0.2, 0.25) is 0 Å². The van der Waals surface area contributed by atoms with Crippen LogP contribution in [-0.2, 0) is 0 Å². The molecule has 0 aliphatic carbocycles. The molecule has 0 amide bonds. The van der Waals surface area contributed by atoms with Crippen molar-refractivity contribution >= 4 is 11.6 Å². The lowest BCUT2D eigenvalue weighted by atomic mass is 10.2. The fraction of sp³-hybridized carbons (Fsp3) is 1.00. The van der Waals surface area contributed by atoms with Crippen LogP contribution in [0.1, 0.15) is 40.0 Å². The Morgan fingerprint density at radius 1 is 1.17 bits per heavy atom. The van der Waals surface area contributed by atoms with Crippen molar-refractivity contribution in [2.45, 2.75) is 45.4 Å². The van der Waals surface area contributed by atoms with E-state index in [9.17, 15) is 0 Å². The molecule has 0 heterocycles. The predicted octanol–water partition coefficient (Wildman–Crippen LogP) is 3.13. The Morgan fingerprint density at radius 2 is 1.75 bits per heavy atom. The number of halogens is 1. The first-order chi connectivity index (χ1) is 5.70. The maximum Gasteiger partial charge on any atom is 0.0307 e. The number of rotatable bonds is 7. The van der Waals surface area contributed by atoms with Crippen LogP contribution in [0, 0.1) is 0 Å². The zero-order chi connectivity index (χ0) is 9.40. The van der Waals surface area contributed by atoms with Gasteiger partial charge in [-0.15, -0.1) is 11.6 Å². The lowest BCUT2D eigenvalue weighted by molar-refractivity contribution is 0.296. The highest BCUT2D eigenvalue weighted by molar-refractivity contribution is 6.20. The van der Waals surface area contributed by atoms with Gasteiger partial charge in [-0.05, 0) is 39.4 Å². The van der Waals surface area contributed by atoms with Crippen molar-refractivity contribution < 1.29 is 0 Å². The molecule has 0 rings (SSSR count).